The van der Waals surface area contributed by atoms with Crippen molar-refractivity contribution < 1.29 is 0 Å². The predicted molar refractivity (Wildman–Crippen MR) is 116 cm³/mol. The van der Waals surface area contributed by atoms with Crippen molar-refractivity contribution in [3.63, 3.8) is 0 Å². The quantitative estimate of drug-likeness (QED) is 0.523. The van der Waals surface area contributed by atoms with Gasteiger partial charge in [0, 0.05) is 30.2 Å². The minimum atomic E-state index is 0.555. The van der Waals surface area contributed by atoms with E-state index >= 15 is 0 Å². The summed E-state index contributed by atoms with van der Waals surface area (Å²) in [5, 5.41) is 13.8. The third-order valence-corrected chi connectivity index (χ3v) is 5.20. The summed E-state index contributed by atoms with van der Waals surface area (Å²) in [6, 6.07) is 18.0. The van der Waals surface area contributed by atoms with Crippen LogP contribution in [-0.2, 0) is 13.1 Å². The van der Waals surface area contributed by atoms with E-state index in [1.807, 2.05) is 42.5 Å². The molecule has 0 amide bonds. The van der Waals surface area contributed by atoms with E-state index in [0.29, 0.717) is 13.1 Å². The number of benzene rings is 2. The second-order valence-corrected chi connectivity index (χ2v) is 7.09. The SMILES string of the molecule is CCN(CC)CCNCc1nn(Cc2ccccc2Cl)nc1-c1ccccc1. The Hall–Kier alpha value is -2.21. The molecule has 5 nitrogen and oxygen atoms in total. The van der Waals surface area contributed by atoms with Crippen molar-refractivity contribution in [3.05, 3.63) is 70.9 Å². The van der Waals surface area contributed by atoms with Gasteiger partial charge in [0.05, 0.1) is 6.54 Å². The van der Waals surface area contributed by atoms with Gasteiger partial charge in [-0.2, -0.15) is 15.0 Å². The first-order valence-electron chi connectivity index (χ1n) is 9.87. The first-order valence-corrected chi connectivity index (χ1v) is 10.2. The molecule has 1 heterocycles. The van der Waals surface area contributed by atoms with Crippen LogP contribution in [0.4, 0.5) is 0 Å². The van der Waals surface area contributed by atoms with Crippen LogP contribution in [0.3, 0.4) is 0 Å². The summed E-state index contributed by atoms with van der Waals surface area (Å²) in [4.78, 5) is 4.14. The van der Waals surface area contributed by atoms with Crippen molar-refractivity contribution in [2.24, 2.45) is 0 Å². The van der Waals surface area contributed by atoms with Crippen molar-refractivity contribution in [1.82, 2.24) is 25.2 Å². The zero-order valence-electron chi connectivity index (χ0n) is 16.6. The lowest BCUT2D eigenvalue weighted by molar-refractivity contribution is 0.302. The van der Waals surface area contributed by atoms with Crippen LogP contribution in [0.25, 0.3) is 11.3 Å². The normalized spacial score (nSPS) is 11.3. The maximum Gasteiger partial charge on any atom is 0.117 e. The zero-order valence-corrected chi connectivity index (χ0v) is 17.4. The number of halogens is 1. The molecule has 0 unspecified atom stereocenters. The van der Waals surface area contributed by atoms with E-state index in [0.717, 1.165) is 53.7 Å². The van der Waals surface area contributed by atoms with Gasteiger partial charge in [0.2, 0.25) is 0 Å². The molecule has 0 saturated carbocycles. The largest absolute Gasteiger partial charge is 0.310 e. The molecule has 6 heteroatoms. The number of hydrogen-bond acceptors (Lipinski definition) is 4. The maximum atomic E-state index is 6.31. The fraction of sp³-hybridized carbons (Fsp3) is 0.364. The fourth-order valence-corrected chi connectivity index (χ4v) is 3.35. The van der Waals surface area contributed by atoms with Gasteiger partial charge in [0.1, 0.15) is 11.4 Å². The molecule has 2 aromatic carbocycles. The molecule has 0 aliphatic rings. The molecule has 0 bridgehead atoms. The Balaban J connectivity index is 1.75. The Kier molecular flexibility index (Phi) is 7.60. The molecule has 0 atom stereocenters. The van der Waals surface area contributed by atoms with E-state index < -0.39 is 0 Å². The van der Waals surface area contributed by atoms with Gasteiger partial charge in [-0.05, 0) is 24.7 Å². The van der Waals surface area contributed by atoms with E-state index in [-0.39, 0.29) is 0 Å². The van der Waals surface area contributed by atoms with Crippen LogP contribution < -0.4 is 5.32 Å². The number of rotatable bonds is 10. The summed E-state index contributed by atoms with van der Waals surface area (Å²) >= 11 is 6.31. The third kappa shape index (κ3) is 5.41. The molecule has 3 aromatic rings. The minimum absolute atomic E-state index is 0.555. The van der Waals surface area contributed by atoms with Gasteiger partial charge in [0.25, 0.3) is 0 Å². The lowest BCUT2D eigenvalue weighted by Gasteiger charge is -2.17. The monoisotopic (exact) mass is 397 g/mol. The Bertz CT molecular complexity index is 858. The molecule has 0 saturated heterocycles. The number of likely N-dealkylation sites (N-methyl/N-ethyl adjacent to an activating group) is 1. The molecule has 0 aliphatic carbocycles. The van der Waals surface area contributed by atoms with Crippen molar-refractivity contribution in [1.29, 1.82) is 0 Å². The Labute approximate surface area is 172 Å². The van der Waals surface area contributed by atoms with Gasteiger partial charge < -0.3 is 10.2 Å². The van der Waals surface area contributed by atoms with Crippen LogP contribution in [0.15, 0.2) is 54.6 Å². The molecule has 28 heavy (non-hydrogen) atoms. The average Bonchev–Trinajstić information content (AvgIpc) is 3.13. The number of aromatic nitrogens is 3. The highest BCUT2D eigenvalue weighted by molar-refractivity contribution is 6.31. The second kappa shape index (κ2) is 10.4. The number of nitrogens with zero attached hydrogens (tertiary/aromatic N) is 4. The molecule has 0 aliphatic heterocycles. The summed E-state index contributed by atoms with van der Waals surface area (Å²) in [5.74, 6) is 0. The Morgan fingerprint density at radius 2 is 1.68 bits per heavy atom. The summed E-state index contributed by atoms with van der Waals surface area (Å²) in [6.45, 7) is 9.72. The van der Waals surface area contributed by atoms with E-state index in [2.05, 4.69) is 36.2 Å². The predicted octanol–water partition coefficient (Wildman–Crippen LogP) is 4.08. The van der Waals surface area contributed by atoms with Gasteiger partial charge in [0.15, 0.2) is 0 Å². The standard InChI is InChI=1S/C22H28ClN5/c1-3-27(4-2)15-14-24-16-21-22(18-10-6-5-7-11-18)26-28(25-21)17-19-12-8-9-13-20(19)23/h5-13,24H,3-4,14-17H2,1-2H3. The van der Waals surface area contributed by atoms with Crippen LogP contribution in [-0.4, -0.2) is 46.1 Å². The van der Waals surface area contributed by atoms with E-state index in [9.17, 15) is 0 Å². The van der Waals surface area contributed by atoms with Gasteiger partial charge in [-0.3, -0.25) is 0 Å². The van der Waals surface area contributed by atoms with E-state index in [4.69, 9.17) is 21.8 Å². The van der Waals surface area contributed by atoms with Crippen LogP contribution >= 0.6 is 11.6 Å². The molecular formula is C22H28ClN5. The third-order valence-electron chi connectivity index (χ3n) is 4.83. The smallest absolute Gasteiger partial charge is 0.117 e. The molecule has 1 N–H and O–H groups in total. The molecule has 0 radical (unpaired) electrons. The lowest BCUT2D eigenvalue weighted by atomic mass is 10.1. The van der Waals surface area contributed by atoms with Gasteiger partial charge >= 0.3 is 0 Å². The maximum absolute atomic E-state index is 6.31. The topological polar surface area (TPSA) is 46.0 Å². The van der Waals surface area contributed by atoms with Crippen molar-refractivity contribution in [2.75, 3.05) is 26.2 Å². The van der Waals surface area contributed by atoms with Crippen molar-refractivity contribution in [3.8, 4) is 11.3 Å². The van der Waals surface area contributed by atoms with Crippen LogP contribution in [0.5, 0.6) is 0 Å². The molecule has 1 aromatic heterocycles. The first kappa shape index (κ1) is 20.5. The van der Waals surface area contributed by atoms with Crippen LogP contribution in [0.1, 0.15) is 25.1 Å². The number of nitrogens with one attached hydrogen (secondary N) is 1. The molecule has 0 spiro atoms. The highest BCUT2D eigenvalue weighted by Crippen LogP contribution is 2.21. The average molecular weight is 398 g/mol. The van der Waals surface area contributed by atoms with E-state index in [1.165, 1.54) is 0 Å². The minimum Gasteiger partial charge on any atom is -0.310 e. The summed E-state index contributed by atoms with van der Waals surface area (Å²) in [7, 11) is 0. The van der Waals surface area contributed by atoms with Crippen molar-refractivity contribution >= 4 is 11.6 Å². The van der Waals surface area contributed by atoms with Crippen LogP contribution in [0, 0.1) is 0 Å². The summed E-state index contributed by atoms with van der Waals surface area (Å²) in [5.41, 5.74) is 3.97. The molecule has 148 valence electrons. The Morgan fingerprint density at radius 3 is 2.39 bits per heavy atom. The first-order chi connectivity index (χ1) is 13.7. The summed E-state index contributed by atoms with van der Waals surface area (Å²) < 4.78 is 0. The van der Waals surface area contributed by atoms with Crippen molar-refractivity contribution in [2.45, 2.75) is 26.9 Å². The second-order valence-electron chi connectivity index (χ2n) is 6.69. The number of hydrogen-bond donors (Lipinski definition) is 1. The molecular weight excluding hydrogens is 370 g/mol. The van der Waals surface area contributed by atoms with E-state index in [1.54, 1.807) is 4.80 Å². The summed E-state index contributed by atoms with van der Waals surface area (Å²) in [6.07, 6.45) is 0. The zero-order chi connectivity index (χ0) is 19.8. The lowest BCUT2D eigenvalue weighted by Crippen LogP contribution is -2.31. The highest BCUT2D eigenvalue weighted by atomic mass is 35.5. The van der Waals surface area contributed by atoms with Gasteiger partial charge in [-0.15, -0.1) is 0 Å². The van der Waals surface area contributed by atoms with Gasteiger partial charge in [-0.1, -0.05) is 74.0 Å². The van der Waals surface area contributed by atoms with Gasteiger partial charge in [-0.25, -0.2) is 0 Å². The Morgan fingerprint density at radius 1 is 0.964 bits per heavy atom. The van der Waals surface area contributed by atoms with Crippen LogP contribution in [0.2, 0.25) is 5.02 Å². The fourth-order valence-electron chi connectivity index (χ4n) is 3.16. The molecule has 3 rings (SSSR count). The molecule has 0 fully saturated rings. The highest BCUT2D eigenvalue weighted by Gasteiger charge is 2.14.